The van der Waals surface area contributed by atoms with Crippen molar-refractivity contribution in [3.05, 3.63) is 56.6 Å². The molecule has 8 N–H and O–H groups in total. The molecule has 0 aromatic heterocycles. The Hall–Kier alpha value is -3.56. The first-order chi connectivity index (χ1) is 10.3. The summed E-state index contributed by atoms with van der Waals surface area (Å²) in [7, 11) is 0. The minimum atomic E-state index is -0.593. The molecular formula is C12H14N6O4. The number of rotatable bonds is 2. The minimum Gasteiger partial charge on any atom is -0.393 e. The van der Waals surface area contributed by atoms with Gasteiger partial charge >= 0.3 is 11.4 Å². The molecule has 0 bridgehead atoms. The highest BCUT2D eigenvalue weighted by Gasteiger charge is 2.14. The molecule has 10 heteroatoms. The van der Waals surface area contributed by atoms with Crippen LogP contribution in [0.15, 0.2) is 36.4 Å². The molecule has 0 aliphatic carbocycles. The van der Waals surface area contributed by atoms with Crippen LogP contribution in [-0.4, -0.2) is 9.85 Å². The minimum absolute atomic E-state index is 0.0926. The second kappa shape index (κ2) is 6.74. The summed E-state index contributed by atoms with van der Waals surface area (Å²) in [6.07, 6.45) is 0. The van der Waals surface area contributed by atoms with E-state index >= 15 is 0 Å². The van der Waals surface area contributed by atoms with Gasteiger partial charge in [0.1, 0.15) is 22.7 Å². The monoisotopic (exact) mass is 306 g/mol. The quantitative estimate of drug-likeness (QED) is 0.364. The van der Waals surface area contributed by atoms with E-state index in [9.17, 15) is 20.2 Å². The number of anilines is 4. The lowest BCUT2D eigenvalue weighted by molar-refractivity contribution is -0.383. The molecule has 10 nitrogen and oxygen atoms in total. The average Bonchev–Trinajstić information content (AvgIpc) is 2.38. The Balaban J connectivity index is 0.000000220. The molecule has 0 amide bonds. The topological polar surface area (TPSA) is 190 Å². The smallest absolute Gasteiger partial charge is 0.314 e. The van der Waals surface area contributed by atoms with E-state index < -0.39 is 9.85 Å². The number of hydrogen-bond acceptors (Lipinski definition) is 8. The number of hydrogen-bond donors (Lipinski definition) is 4. The Bertz CT molecular complexity index is 617. The zero-order valence-electron chi connectivity index (χ0n) is 11.3. The standard InChI is InChI=1S/2C6H7N3O2/c2*7-4-2-1-3-5(8)6(4)9(10)11/h2*1-3H,7-8H2. The Kier molecular flexibility index (Phi) is 5.06. The molecule has 2 aromatic carbocycles. The van der Waals surface area contributed by atoms with Crippen molar-refractivity contribution in [3.63, 3.8) is 0 Å². The van der Waals surface area contributed by atoms with Crippen molar-refractivity contribution >= 4 is 34.1 Å². The van der Waals surface area contributed by atoms with Crippen molar-refractivity contribution in [1.82, 2.24) is 0 Å². The van der Waals surface area contributed by atoms with Gasteiger partial charge in [0.15, 0.2) is 0 Å². The van der Waals surface area contributed by atoms with Crippen LogP contribution in [0.4, 0.5) is 34.1 Å². The van der Waals surface area contributed by atoms with E-state index in [1.54, 1.807) is 12.1 Å². The summed E-state index contributed by atoms with van der Waals surface area (Å²) in [6, 6.07) is 8.89. The number of nitrogen functional groups attached to an aromatic ring is 4. The first-order valence-electron chi connectivity index (χ1n) is 5.82. The highest BCUT2D eigenvalue weighted by atomic mass is 16.6. The third-order valence-electron chi connectivity index (χ3n) is 2.56. The summed E-state index contributed by atoms with van der Waals surface area (Å²) in [5.74, 6) is 0. The third kappa shape index (κ3) is 3.72. The summed E-state index contributed by atoms with van der Waals surface area (Å²) in [5, 5.41) is 20.6. The molecule has 0 aliphatic heterocycles. The summed E-state index contributed by atoms with van der Waals surface area (Å²) in [4.78, 5) is 19.4. The number of nitro benzene ring substituents is 2. The molecule has 0 atom stereocenters. The second-order valence-corrected chi connectivity index (χ2v) is 4.08. The van der Waals surface area contributed by atoms with Crippen molar-refractivity contribution in [2.24, 2.45) is 0 Å². The molecule has 0 unspecified atom stereocenters. The lowest BCUT2D eigenvalue weighted by Crippen LogP contribution is -1.99. The summed E-state index contributed by atoms with van der Waals surface area (Å²) in [5.41, 5.74) is 21.1. The van der Waals surface area contributed by atoms with Crippen molar-refractivity contribution in [1.29, 1.82) is 0 Å². The van der Waals surface area contributed by atoms with E-state index in [0.717, 1.165) is 0 Å². The average molecular weight is 306 g/mol. The van der Waals surface area contributed by atoms with Gasteiger partial charge in [-0.25, -0.2) is 0 Å². The van der Waals surface area contributed by atoms with Crippen LogP contribution in [0.25, 0.3) is 0 Å². The molecule has 0 aliphatic rings. The fourth-order valence-electron chi connectivity index (χ4n) is 1.58. The molecule has 0 radical (unpaired) electrons. The van der Waals surface area contributed by atoms with E-state index in [1.807, 2.05) is 0 Å². The van der Waals surface area contributed by atoms with E-state index in [1.165, 1.54) is 24.3 Å². The van der Waals surface area contributed by atoms with Crippen LogP contribution in [0.3, 0.4) is 0 Å². The first-order valence-corrected chi connectivity index (χ1v) is 5.82. The van der Waals surface area contributed by atoms with Gasteiger partial charge in [0.25, 0.3) is 0 Å². The number of para-hydroxylation sites is 2. The predicted octanol–water partition coefficient (Wildman–Crippen LogP) is 1.52. The van der Waals surface area contributed by atoms with Gasteiger partial charge in [-0.3, -0.25) is 20.2 Å². The molecule has 0 saturated carbocycles. The molecule has 2 aromatic rings. The van der Waals surface area contributed by atoms with Crippen LogP contribution in [0.1, 0.15) is 0 Å². The fourth-order valence-corrected chi connectivity index (χ4v) is 1.58. The Labute approximate surface area is 124 Å². The Morgan fingerprint density at radius 2 is 0.864 bits per heavy atom. The van der Waals surface area contributed by atoms with Gasteiger partial charge in [0, 0.05) is 0 Å². The van der Waals surface area contributed by atoms with Crippen LogP contribution in [0, 0.1) is 20.2 Å². The van der Waals surface area contributed by atoms with Crippen LogP contribution in [0.5, 0.6) is 0 Å². The number of nitrogens with zero attached hydrogens (tertiary/aromatic N) is 2. The van der Waals surface area contributed by atoms with Gasteiger partial charge in [-0.2, -0.15) is 0 Å². The summed E-state index contributed by atoms with van der Waals surface area (Å²) in [6.45, 7) is 0. The van der Waals surface area contributed by atoms with Crippen LogP contribution >= 0.6 is 0 Å². The van der Waals surface area contributed by atoms with Gasteiger partial charge in [-0.05, 0) is 24.3 Å². The highest BCUT2D eigenvalue weighted by molar-refractivity contribution is 5.72. The Morgan fingerprint density at radius 3 is 1.00 bits per heavy atom. The molecule has 116 valence electrons. The van der Waals surface area contributed by atoms with Crippen molar-refractivity contribution in [2.75, 3.05) is 22.9 Å². The van der Waals surface area contributed by atoms with Crippen molar-refractivity contribution in [2.45, 2.75) is 0 Å². The fraction of sp³-hybridized carbons (Fsp3) is 0. The van der Waals surface area contributed by atoms with E-state index in [0.29, 0.717) is 0 Å². The van der Waals surface area contributed by atoms with E-state index in [4.69, 9.17) is 22.9 Å². The molecule has 0 heterocycles. The van der Waals surface area contributed by atoms with Crippen molar-refractivity contribution in [3.8, 4) is 0 Å². The second-order valence-electron chi connectivity index (χ2n) is 4.08. The SMILES string of the molecule is Nc1cccc(N)c1[N+](=O)[O-].Nc1cccc(N)c1[N+](=O)[O-]. The van der Waals surface area contributed by atoms with Gasteiger partial charge < -0.3 is 22.9 Å². The number of nitrogens with two attached hydrogens (primary N) is 4. The molecule has 22 heavy (non-hydrogen) atoms. The molecule has 0 spiro atoms. The largest absolute Gasteiger partial charge is 0.393 e. The summed E-state index contributed by atoms with van der Waals surface area (Å²) >= 11 is 0. The van der Waals surface area contributed by atoms with Gasteiger partial charge in [0.05, 0.1) is 9.85 Å². The summed E-state index contributed by atoms with van der Waals surface area (Å²) < 4.78 is 0. The van der Waals surface area contributed by atoms with Gasteiger partial charge in [0.2, 0.25) is 0 Å². The van der Waals surface area contributed by atoms with Gasteiger partial charge in [-0.15, -0.1) is 0 Å². The van der Waals surface area contributed by atoms with Crippen LogP contribution in [0.2, 0.25) is 0 Å². The predicted molar refractivity (Wildman–Crippen MR) is 83.8 cm³/mol. The zero-order chi connectivity index (χ0) is 16.9. The molecule has 2 rings (SSSR count). The van der Waals surface area contributed by atoms with Crippen LogP contribution in [-0.2, 0) is 0 Å². The van der Waals surface area contributed by atoms with E-state index in [-0.39, 0.29) is 34.1 Å². The maximum atomic E-state index is 10.3. The Morgan fingerprint density at radius 1 is 0.636 bits per heavy atom. The van der Waals surface area contributed by atoms with Gasteiger partial charge in [-0.1, -0.05) is 12.1 Å². The maximum Gasteiger partial charge on any atom is 0.314 e. The van der Waals surface area contributed by atoms with Crippen LogP contribution < -0.4 is 22.9 Å². The molecular weight excluding hydrogens is 292 g/mol. The van der Waals surface area contributed by atoms with E-state index in [2.05, 4.69) is 0 Å². The number of benzene rings is 2. The molecule has 0 fully saturated rings. The molecule has 0 saturated heterocycles. The highest BCUT2D eigenvalue weighted by Crippen LogP contribution is 2.27. The lowest BCUT2D eigenvalue weighted by atomic mass is 10.2. The third-order valence-corrected chi connectivity index (χ3v) is 2.56. The van der Waals surface area contributed by atoms with Crippen molar-refractivity contribution < 1.29 is 9.85 Å². The normalized spacial score (nSPS) is 9.45. The lowest BCUT2D eigenvalue weighted by Gasteiger charge is -1.98. The zero-order valence-corrected chi connectivity index (χ0v) is 11.3. The number of nitro groups is 2. The first kappa shape index (κ1) is 16.5. The maximum absolute atomic E-state index is 10.3.